The molecule has 1 saturated heterocycles. The summed E-state index contributed by atoms with van der Waals surface area (Å²) >= 11 is 0. The van der Waals surface area contributed by atoms with Crippen LogP contribution in [0.2, 0.25) is 0 Å². The molecule has 2 aliphatic rings. The summed E-state index contributed by atoms with van der Waals surface area (Å²) < 4.78 is 11.5. The summed E-state index contributed by atoms with van der Waals surface area (Å²) in [6.07, 6.45) is 4.07. The van der Waals surface area contributed by atoms with E-state index in [1.165, 1.54) is 32.4 Å². The smallest absolute Gasteiger partial charge is 0.144 e. The van der Waals surface area contributed by atoms with Gasteiger partial charge in [0, 0.05) is 24.8 Å². The van der Waals surface area contributed by atoms with Crippen LogP contribution in [0.1, 0.15) is 19.3 Å². The maximum Gasteiger partial charge on any atom is 0.144 e. The van der Waals surface area contributed by atoms with Gasteiger partial charge in [-0.3, -0.25) is 0 Å². The van der Waals surface area contributed by atoms with E-state index in [2.05, 4.69) is 9.80 Å². The first kappa shape index (κ1) is 15.4. The van der Waals surface area contributed by atoms with Gasteiger partial charge in [0.2, 0.25) is 0 Å². The molecule has 0 amide bonds. The number of fused-ring (bicyclic) bond motifs is 1. The second-order valence-corrected chi connectivity index (χ2v) is 6.08. The molecular weight excluding hydrogens is 278 g/mol. The van der Waals surface area contributed by atoms with Crippen molar-refractivity contribution in [2.24, 2.45) is 0 Å². The molecular formula is C17H27N3O2. The molecule has 0 radical (unpaired) electrons. The van der Waals surface area contributed by atoms with Crippen LogP contribution in [0.3, 0.4) is 0 Å². The predicted octanol–water partition coefficient (Wildman–Crippen LogP) is 1.97. The number of piperidine rings is 1. The summed E-state index contributed by atoms with van der Waals surface area (Å²) in [6, 6.07) is 5.87. The van der Waals surface area contributed by atoms with Crippen molar-refractivity contribution in [2.45, 2.75) is 19.3 Å². The van der Waals surface area contributed by atoms with Crippen LogP contribution in [0.15, 0.2) is 18.2 Å². The van der Waals surface area contributed by atoms with Crippen LogP contribution < -0.4 is 15.4 Å². The fourth-order valence-electron chi connectivity index (χ4n) is 3.18. The molecule has 1 fully saturated rings. The predicted molar refractivity (Wildman–Crippen MR) is 89.7 cm³/mol. The van der Waals surface area contributed by atoms with E-state index < -0.39 is 0 Å². The highest BCUT2D eigenvalue weighted by Crippen LogP contribution is 2.32. The van der Waals surface area contributed by atoms with E-state index in [0.29, 0.717) is 6.61 Å². The molecule has 5 heteroatoms. The third kappa shape index (κ3) is 4.05. The topological polar surface area (TPSA) is 51.0 Å². The molecule has 122 valence electrons. The summed E-state index contributed by atoms with van der Waals surface area (Å²) in [5.41, 5.74) is 7.68. The van der Waals surface area contributed by atoms with Gasteiger partial charge in [-0.2, -0.15) is 0 Å². The van der Waals surface area contributed by atoms with Crippen LogP contribution in [0, 0.1) is 0 Å². The Balaban J connectivity index is 1.39. The van der Waals surface area contributed by atoms with E-state index in [-0.39, 0.29) is 0 Å². The Hall–Kier alpha value is -1.46. The normalized spacial score (nSPS) is 18.8. The first-order valence-electron chi connectivity index (χ1n) is 8.40. The number of anilines is 2. The lowest BCUT2D eigenvalue weighted by Crippen LogP contribution is -2.36. The molecule has 0 unspecified atom stereocenters. The lowest BCUT2D eigenvalue weighted by molar-refractivity contribution is 0.0998. The van der Waals surface area contributed by atoms with Crippen LogP contribution in [0.4, 0.5) is 11.4 Å². The zero-order valence-corrected chi connectivity index (χ0v) is 13.3. The number of rotatable bonds is 6. The molecule has 2 aliphatic heterocycles. The molecule has 1 aromatic carbocycles. The van der Waals surface area contributed by atoms with Crippen LogP contribution in [-0.4, -0.2) is 57.4 Å². The van der Waals surface area contributed by atoms with Crippen LogP contribution in [0.5, 0.6) is 5.75 Å². The molecule has 0 aromatic heterocycles. The van der Waals surface area contributed by atoms with Crippen molar-refractivity contribution in [3.05, 3.63) is 18.2 Å². The van der Waals surface area contributed by atoms with Gasteiger partial charge >= 0.3 is 0 Å². The minimum Gasteiger partial charge on any atom is -0.489 e. The molecule has 0 atom stereocenters. The third-order valence-electron chi connectivity index (χ3n) is 4.45. The molecule has 0 aliphatic carbocycles. The molecule has 22 heavy (non-hydrogen) atoms. The molecule has 3 rings (SSSR count). The maximum absolute atomic E-state index is 5.83. The Morgan fingerprint density at radius 1 is 1.05 bits per heavy atom. The molecule has 0 bridgehead atoms. The molecule has 2 N–H and O–H groups in total. The van der Waals surface area contributed by atoms with Crippen molar-refractivity contribution >= 4 is 11.4 Å². The Labute approximate surface area is 133 Å². The van der Waals surface area contributed by atoms with E-state index >= 15 is 0 Å². The van der Waals surface area contributed by atoms with E-state index in [4.69, 9.17) is 15.2 Å². The number of nitrogen functional groups attached to an aromatic ring is 1. The monoisotopic (exact) mass is 305 g/mol. The highest BCUT2D eigenvalue weighted by Gasteiger charge is 2.17. The zero-order chi connectivity index (χ0) is 15.2. The summed E-state index contributed by atoms with van der Waals surface area (Å²) in [7, 11) is 0. The van der Waals surface area contributed by atoms with Crippen LogP contribution in [-0.2, 0) is 4.74 Å². The first-order chi connectivity index (χ1) is 10.8. The first-order valence-corrected chi connectivity index (χ1v) is 8.40. The number of hydrogen-bond acceptors (Lipinski definition) is 5. The number of ether oxygens (including phenoxy) is 2. The lowest BCUT2D eigenvalue weighted by Gasteiger charge is -2.31. The Kier molecular flexibility index (Phi) is 5.40. The van der Waals surface area contributed by atoms with Gasteiger partial charge in [0.1, 0.15) is 12.4 Å². The summed E-state index contributed by atoms with van der Waals surface area (Å²) in [5, 5.41) is 0. The Morgan fingerprint density at radius 3 is 2.73 bits per heavy atom. The molecule has 2 heterocycles. The van der Waals surface area contributed by atoms with E-state index in [1.807, 2.05) is 18.2 Å². The average molecular weight is 305 g/mol. The largest absolute Gasteiger partial charge is 0.489 e. The quantitative estimate of drug-likeness (QED) is 0.643. The number of benzene rings is 1. The van der Waals surface area contributed by atoms with Crippen molar-refractivity contribution in [2.75, 3.05) is 63.2 Å². The van der Waals surface area contributed by atoms with Crippen LogP contribution in [0.25, 0.3) is 0 Å². The van der Waals surface area contributed by atoms with E-state index in [0.717, 1.165) is 50.0 Å². The second kappa shape index (κ2) is 7.70. The average Bonchev–Trinajstić information content (AvgIpc) is 2.55. The Bertz CT molecular complexity index is 475. The SMILES string of the molecule is Nc1ccc2c(c1)OCCN2CCOCCN1CCCCC1. The molecule has 5 nitrogen and oxygen atoms in total. The van der Waals surface area contributed by atoms with Gasteiger partial charge in [-0.15, -0.1) is 0 Å². The Morgan fingerprint density at radius 2 is 1.86 bits per heavy atom. The summed E-state index contributed by atoms with van der Waals surface area (Å²) in [4.78, 5) is 4.83. The second-order valence-electron chi connectivity index (χ2n) is 6.08. The minimum atomic E-state index is 0.713. The number of nitrogens with zero attached hydrogens (tertiary/aromatic N) is 2. The number of hydrogen-bond donors (Lipinski definition) is 1. The van der Waals surface area contributed by atoms with Gasteiger partial charge in [-0.05, 0) is 38.1 Å². The van der Waals surface area contributed by atoms with Crippen molar-refractivity contribution in [1.29, 1.82) is 0 Å². The lowest BCUT2D eigenvalue weighted by atomic mass is 10.1. The van der Waals surface area contributed by atoms with Gasteiger partial charge in [0.25, 0.3) is 0 Å². The van der Waals surface area contributed by atoms with Crippen LogP contribution >= 0.6 is 0 Å². The molecule has 0 saturated carbocycles. The third-order valence-corrected chi connectivity index (χ3v) is 4.45. The van der Waals surface area contributed by atoms with E-state index in [9.17, 15) is 0 Å². The van der Waals surface area contributed by atoms with Gasteiger partial charge < -0.3 is 25.0 Å². The summed E-state index contributed by atoms with van der Waals surface area (Å²) in [5.74, 6) is 0.888. The highest BCUT2D eigenvalue weighted by atomic mass is 16.5. The summed E-state index contributed by atoms with van der Waals surface area (Å²) in [6.45, 7) is 7.66. The van der Waals surface area contributed by atoms with Gasteiger partial charge in [0.05, 0.1) is 25.4 Å². The fraction of sp³-hybridized carbons (Fsp3) is 0.647. The number of likely N-dealkylation sites (tertiary alicyclic amines) is 1. The standard InChI is InChI=1S/C17H27N3O2/c18-15-4-5-16-17(14-15)22-13-10-20(16)9-12-21-11-8-19-6-2-1-3-7-19/h4-5,14H,1-3,6-13,18H2. The minimum absolute atomic E-state index is 0.713. The van der Waals surface area contributed by atoms with Crippen molar-refractivity contribution < 1.29 is 9.47 Å². The number of nitrogens with two attached hydrogens (primary N) is 1. The van der Waals surface area contributed by atoms with Crippen molar-refractivity contribution in [3.63, 3.8) is 0 Å². The zero-order valence-electron chi connectivity index (χ0n) is 13.3. The highest BCUT2D eigenvalue weighted by molar-refractivity contribution is 5.65. The molecule has 0 spiro atoms. The fourth-order valence-corrected chi connectivity index (χ4v) is 3.18. The molecule has 1 aromatic rings. The van der Waals surface area contributed by atoms with Crippen molar-refractivity contribution in [3.8, 4) is 5.75 Å². The van der Waals surface area contributed by atoms with Crippen molar-refractivity contribution in [1.82, 2.24) is 4.90 Å². The van der Waals surface area contributed by atoms with Gasteiger partial charge in [-0.25, -0.2) is 0 Å². The van der Waals surface area contributed by atoms with Gasteiger partial charge in [0.15, 0.2) is 0 Å². The maximum atomic E-state index is 5.83. The van der Waals surface area contributed by atoms with Gasteiger partial charge in [-0.1, -0.05) is 6.42 Å². The van der Waals surface area contributed by atoms with E-state index in [1.54, 1.807) is 0 Å².